The summed E-state index contributed by atoms with van der Waals surface area (Å²) in [5.74, 6) is 0.461. The highest BCUT2D eigenvalue weighted by Crippen LogP contribution is 2.05. The van der Waals surface area contributed by atoms with Gasteiger partial charge in [0.05, 0.1) is 0 Å². The Labute approximate surface area is 130 Å². The van der Waals surface area contributed by atoms with Crippen molar-refractivity contribution in [2.45, 2.75) is 26.3 Å². The van der Waals surface area contributed by atoms with Crippen LogP contribution in [0.2, 0.25) is 0 Å². The van der Waals surface area contributed by atoms with Crippen LogP contribution in [0.4, 0.5) is 0 Å². The van der Waals surface area contributed by atoms with Gasteiger partial charge in [-0.25, -0.2) is 14.6 Å². The van der Waals surface area contributed by atoms with Crippen molar-refractivity contribution in [3.8, 4) is 5.82 Å². The second-order valence-electron chi connectivity index (χ2n) is 5.24. The molecule has 0 fully saturated rings. The van der Waals surface area contributed by atoms with E-state index < -0.39 is 0 Å². The third-order valence-corrected chi connectivity index (χ3v) is 3.75. The van der Waals surface area contributed by atoms with Crippen LogP contribution in [0.3, 0.4) is 0 Å². The standard InChI is InChI=1S/C15H22N6O/c1-4-12(2)20(3)8-7-18-15(22)13-5-6-17-14(9-13)21-11-16-10-19-21/h5-6,9-12H,4,7-8H2,1-3H3,(H,18,22). The summed E-state index contributed by atoms with van der Waals surface area (Å²) >= 11 is 0. The quantitative estimate of drug-likeness (QED) is 0.829. The molecule has 7 nitrogen and oxygen atoms in total. The van der Waals surface area contributed by atoms with Crippen LogP contribution in [-0.2, 0) is 0 Å². The molecule has 2 aromatic rings. The smallest absolute Gasteiger partial charge is 0.251 e. The van der Waals surface area contributed by atoms with E-state index >= 15 is 0 Å². The Morgan fingerprint density at radius 2 is 2.32 bits per heavy atom. The summed E-state index contributed by atoms with van der Waals surface area (Å²) in [7, 11) is 2.07. The predicted molar refractivity (Wildman–Crippen MR) is 83.9 cm³/mol. The normalized spacial score (nSPS) is 12.4. The van der Waals surface area contributed by atoms with Crippen LogP contribution in [-0.4, -0.2) is 56.7 Å². The molecule has 0 saturated carbocycles. The number of likely N-dealkylation sites (N-methyl/N-ethyl adjacent to an activating group) is 1. The van der Waals surface area contributed by atoms with Gasteiger partial charge in [-0.1, -0.05) is 6.92 Å². The molecule has 2 heterocycles. The first kappa shape index (κ1) is 16.1. The molecule has 0 radical (unpaired) electrons. The summed E-state index contributed by atoms with van der Waals surface area (Å²) in [5, 5.41) is 6.93. The molecule has 0 aliphatic carbocycles. The number of carbonyl (C=O) groups is 1. The van der Waals surface area contributed by atoms with Crippen molar-refractivity contribution in [2.75, 3.05) is 20.1 Å². The minimum absolute atomic E-state index is 0.110. The molecule has 2 aromatic heterocycles. The fourth-order valence-corrected chi connectivity index (χ4v) is 1.99. The molecule has 118 valence electrons. The fraction of sp³-hybridized carbons (Fsp3) is 0.467. The molecule has 0 spiro atoms. The van der Waals surface area contributed by atoms with Crippen molar-refractivity contribution in [3.63, 3.8) is 0 Å². The third kappa shape index (κ3) is 4.11. The molecule has 7 heteroatoms. The number of rotatable bonds is 7. The number of carbonyl (C=O) groups excluding carboxylic acids is 1. The molecule has 0 saturated heterocycles. The van der Waals surface area contributed by atoms with Crippen molar-refractivity contribution >= 4 is 5.91 Å². The van der Waals surface area contributed by atoms with Crippen LogP contribution in [0.1, 0.15) is 30.6 Å². The van der Waals surface area contributed by atoms with Gasteiger partial charge in [-0.2, -0.15) is 5.10 Å². The highest BCUT2D eigenvalue weighted by atomic mass is 16.1. The van der Waals surface area contributed by atoms with E-state index in [4.69, 9.17) is 0 Å². The fourth-order valence-electron chi connectivity index (χ4n) is 1.99. The average molecular weight is 302 g/mol. The van der Waals surface area contributed by atoms with Gasteiger partial charge in [0.15, 0.2) is 5.82 Å². The van der Waals surface area contributed by atoms with Gasteiger partial charge >= 0.3 is 0 Å². The van der Waals surface area contributed by atoms with E-state index in [1.54, 1.807) is 24.7 Å². The summed E-state index contributed by atoms with van der Waals surface area (Å²) in [6, 6.07) is 3.90. The highest BCUT2D eigenvalue weighted by Gasteiger charge is 2.10. The molecule has 1 atom stereocenters. The Morgan fingerprint density at radius 3 is 3.00 bits per heavy atom. The molecule has 0 aliphatic heterocycles. The monoisotopic (exact) mass is 302 g/mol. The van der Waals surface area contributed by atoms with E-state index in [2.05, 4.69) is 46.2 Å². The van der Waals surface area contributed by atoms with Gasteiger partial charge in [0.25, 0.3) is 5.91 Å². The largest absolute Gasteiger partial charge is 0.351 e. The molecular formula is C15H22N6O. The molecule has 1 N–H and O–H groups in total. The van der Waals surface area contributed by atoms with Crippen LogP contribution in [0.25, 0.3) is 5.82 Å². The summed E-state index contributed by atoms with van der Waals surface area (Å²) in [6.45, 7) is 5.76. The lowest BCUT2D eigenvalue weighted by molar-refractivity contribution is 0.0947. The first-order valence-corrected chi connectivity index (χ1v) is 7.41. The van der Waals surface area contributed by atoms with Crippen LogP contribution < -0.4 is 5.32 Å². The van der Waals surface area contributed by atoms with E-state index in [1.165, 1.54) is 11.0 Å². The molecule has 22 heavy (non-hydrogen) atoms. The molecule has 1 unspecified atom stereocenters. The second kappa shape index (κ2) is 7.65. The van der Waals surface area contributed by atoms with Crippen LogP contribution in [0, 0.1) is 0 Å². The Morgan fingerprint density at radius 1 is 1.50 bits per heavy atom. The zero-order chi connectivity index (χ0) is 15.9. The molecule has 1 amide bonds. The maximum Gasteiger partial charge on any atom is 0.251 e. The topological polar surface area (TPSA) is 75.9 Å². The van der Waals surface area contributed by atoms with Gasteiger partial charge < -0.3 is 10.2 Å². The number of nitrogens with one attached hydrogen (secondary N) is 1. The predicted octanol–water partition coefficient (Wildman–Crippen LogP) is 1.12. The summed E-state index contributed by atoms with van der Waals surface area (Å²) in [4.78, 5) is 22.5. The van der Waals surface area contributed by atoms with Gasteiger partial charge in [-0.05, 0) is 32.5 Å². The minimum Gasteiger partial charge on any atom is -0.351 e. The number of nitrogens with zero attached hydrogens (tertiary/aromatic N) is 5. The minimum atomic E-state index is -0.110. The Bertz CT molecular complexity index is 598. The summed E-state index contributed by atoms with van der Waals surface area (Å²) < 4.78 is 1.52. The highest BCUT2D eigenvalue weighted by molar-refractivity contribution is 5.94. The lowest BCUT2D eigenvalue weighted by atomic mass is 10.2. The van der Waals surface area contributed by atoms with Crippen molar-refractivity contribution in [1.82, 2.24) is 30.0 Å². The van der Waals surface area contributed by atoms with Crippen molar-refractivity contribution in [1.29, 1.82) is 0 Å². The molecule has 0 aliphatic rings. The van der Waals surface area contributed by atoms with E-state index in [-0.39, 0.29) is 5.91 Å². The zero-order valence-electron chi connectivity index (χ0n) is 13.2. The summed E-state index contributed by atoms with van der Waals surface area (Å²) in [5.41, 5.74) is 0.562. The van der Waals surface area contributed by atoms with Crippen molar-refractivity contribution in [2.24, 2.45) is 0 Å². The van der Waals surface area contributed by atoms with Crippen LogP contribution in [0.15, 0.2) is 31.0 Å². The SMILES string of the molecule is CCC(C)N(C)CCNC(=O)c1ccnc(-n2cncn2)c1. The van der Waals surface area contributed by atoms with Crippen molar-refractivity contribution < 1.29 is 4.79 Å². The van der Waals surface area contributed by atoms with E-state index in [0.29, 0.717) is 24.0 Å². The van der Waals surface area contributed by atoms with Gasteiger partial charge in [-0.3, -0.25) is 4.79 Å². The first-order chi connectivity index (χ1) is 10.6. The van der Waals surface area contributed by atoms with Gasteiger partial charge in [-0.15, -0.1) is 0 Å². The average Bonchev–Trinajstić information content (AvgIpc) is 3.08. The third-order valence-electron chi connectivity index (χ3n) is 3.75. The second-order valence-corrected chi connectivity index (χ2v) is 5.24. The number of amides is 1. The lowest BCUT2D eigenvalue weighted by Crippen LogP contribution is -2.37. The Kier molecular flexibility index (Phi) is 5.60. The van der Waals surface area contributed by atoms with E-state index in [9.17, 15) is 4.79 Å². The molecule has 0 bridgehead atoms. The maximum absolute atomic E-state index is 12.2. The number of aromatic nitrogens is 4. The molecular weight excluding hydrogens is 280 g/mol. The number of pyridine rings is 1. The number of hydrogen-bond donors (Lipinski definition) is 1. The van der Waals surface area contributed by atoms with Gasteiger partial charge in [0.2, 0.25) is 0 Å². The van der Waals surface area contributed by atoms with Crippen LogP contribution >= 0.6 is 0 Å². The van der Waals surface area contributed by atoms with E-state index in [0.717, 1.165) is 13.0 Å². The Balaban J connectivity index is 1.92. The van der Waals surface area contributed by atoms with Crippen molar-refractivity contribution in [3.05, 3.63) is 36.5 Å². The van der Waals surface area contributed by atoms with Gasteiger partial charge in [0, 0.05) is 30.9 Å². The van der Waals surface area contributed by atoms with Crippen LogP contribution in [0.5, 0.6) is 0 Å². The van der Waals surface area contributed by atoms with Gasteiger partial charge in [0.1, 0.15) is 12.7 Å². The molecule has 0 aromatic carbocycles. The maximum atomic E-state index is 12.2. The number of hydrogen-bond acceptors (Lipinski definition) is 5. The lowest BCUT2D eigenvalue weighted by Gasteiger charge is -2.23. The Hall–Kier alpha value is -2.28. The molecule has 2 rings (SSSR count). The zero-order valence-corrected chi connectivity index (χ0v) is 13.2. The first-order valence-electron chi connectivity index (χ1n) is 7.41. The van der Waals surface area contributed by atoms with E-state index in [1.807, 2.05) is 0 Å². The summed E-state index contributed by atoms with van der Waals surface area (Å²) in [6.07, 6.45) is 5.66.